The summed E-state index contributed by atoms with van der Waals surface area (Å²) in [6.45, 7) is 1.62. The van der Waals surface area contributed by atoms with Crippen LogP contribution < -0.4 is 4.74 Å². The van der Waals surface area contributed by atoms with Crippen molar-refractivity contribution in [1.29, 1.82) is 5.26 Å². The fraction of sp³-hybridized carbons (Fsp3) is 0.286. The lowest BCUT2D eigenvalue weighted by atomic mass is 9.79. The molecule has 1 atom stereocenters. The SMILES string of the molecule is N#Cc1cccc(S(=O)(=O)N2CCCC3(CCN(Cc4ccc(Oc5ccccc5)cc4)C3=O)C2)c1. The molecule has 0 radical (unpaired) electrons. The number of para-hydroxylation sites is 1. The van der Waals surface area contributed by atoms with Gasteiger partial charge in [-0.3, -0.25) is 4.79 Å². The van der Waals surface area contributed by atoms with Gasteiger partial charge >= 0.3 is 0 Å². The van der Waals surface area contributed by atoms with Crippen molar-refractivity contribution in [2.24, 2.45) is 5.41 Å². The molecule has 0 saturated carbocycles. The molecule has 3 aromatic carbocycles. The molecule has 7 nitrogen and oxygen atoms in total. The largest absolute Gasteiger partial charge is 0.457 e. The van der Waals surface area contributed by atoms with E-state index in [2.05, 4.69) is 0 Å². The van der Waals surface area contributed by atoms with E-state index in [0.717, 1.165) is 17.1 Å². The Morgan fingerprint density at radius 1 is 0.917 bits per heavy atom. The second kappa shape index (κ2) is 9.76. The second-order valence-electron chi connectivity index (χ2n) is 9.40. The van der Waals surface area contributed by atoms with Crippen LogP contribution in [-0.4, -0.2) is 43.2 Å². The van der Waals surface area contributed by atoms with Crippen LogP contribution in [-0.2, 0) is 21.4 Å². The summed E-state index contributed by atoms with van der Waals surface area (Å²) >= 11 is 0. The number of hydrogen-bond acceptors (Lipinski definition) is 5. The van der Waals surface area contributed by atoms with Gasteiger partial charge in [0.15, 0.2) is 0 Å². The minimum atomic E-state index is -3.79. The van der Waals surface area contributed by atoms with Crippen molar-refractivity contribution in [3.63, 3.8) is 0 Å². The van der Waals surface area contributed by atoms with E-state index in [0.29, 0.717) is 44.5 Å². The molecular weight excluding hydrogens is 474 g/mol. The van der Waals surface area contributed by atoms with Gasteiger partial charge in [-0.2, -0.15) is 9.57 Å². The fourth-order valence-electron chi connectivity index (χ4n) is 5.10. The van der Waals surface area contributed by atoms with Crippen LogP contribution in [0.2, 0.25) is 0 Å². The number of piperidine rings is 1. The van der Waals surface area contributed by atoms with Crippen molar-refractivity contribution >= 4 is 15.9 Å². The van der Waals surface area contributed by atoms with E-state index in [9.17, 15) is 13.2 Å². The first kappa shape index (κ1) is 24.0. The minimum Gasteiger partial charge on any atom is -0.457 e. The highest BCUT2D eigenvalue weighted by molar-refractivity contribution is 7.89. The maximum absolute atomic E-state index is 13.5. The third-order valence-electron chi connectivity index (χ3n) is 7.02. The number of rotatable bonds is 6. The summed E-state index contributed by atoms with van der Waals surface area (Å²) in [7, 11) is -3.79. The van der Waals surface area contributed by atoms with Crippen LogP contribution in [0.4, 0.5) is 0 Å². The van der Waals surface area contributed by atoms with Crippen LogP contribution in [0.5, 0.6) is 11.5 Å². The van der Waals surface area contributed by atoms with Crippen LogP contribution in [0.1, 0.15) is 30.4 Å². The van der Waals surface area contributed by atoms with E-state index in [1.54, 1.807) is 12.1 Å². The lowest BCUT2D eigenvalue weighted by Gasteiger charge is -2.38. The highest BCUT2D eigenvalue weighted by Crippen LogP contribution is 2.42. The summed E-state index contributed by atoms with van der Waals surface area (Å²) in [6, 6.07) is 25.3. The number of nitrogens with zero attached hydrogens (tertiary/aromatic N) is 3. The summed E-state index contributed by atoms with van der Waals surface area (Å²) in [4.78, 5) is 15.5. The van der Waals surface area contributed by atoms with Gasteiger partial charge in [0.1, 0.15) is 11.5 Å². The minimum absolute atomic E-state index is 0.0118. The molecule has 3 aromatic rings. The fourth-order valence-corrected chi connectivity index (χ4v) is 6.71. The molecule has 5 rings (SSSR count). The molecule has 2 heterocycles. The first-order chi connectivity index (χ1) is 17.4. The summed E-state index contributed by atoms with van der Waals surface area (Å²) in [6.07, 6.45) is 1.93. The van der Waals surface area contributed by atoms with Crippen molar-refractivity contribution in [1.82, 2.24) is 9.21 Å². The quantitative estimate of drug-likeness (QED) is 0.494. The van der Waals surface area contributed by atoms with Crippen molar-refractivity contribution in [3.8, 4) is 17.6 Å². The molecule has 2 fully saturated rings. The van der Waals surface area contributed by atoms with E-state index < -0.39 is 15.4 Å². The van der Waals surface area contributed by atoms with Crippen molar-refractivity contribution in [3.05, 3.63) is 90.0 Å². The number of carbonyl (C=O) groups is 1. The zero-order valence-electron chi connectivity index (χ0n) is 19.8. The first-order valence-corrected chi connectivity index (χ1v) is 13.5. The van der Waals surface area contributed by atoms with Gasteiger partial charge < -0.3 is 9.64 Å². The Morgan fingerprint density at radius 2 is 1.67 bits per heavy atom. The maximum atomic E-state index is 13.5. The summed E-state index contributed by atoms with van der Waals surface area (Å²) < 4.78 is 33.9. The Labute approximate surface area is 211 Å². The predicted octanol–water partition coefficient (Wildman–Crippen LogP) is 4.55. The van der Waals surface area contributed by atoms with Gasteiger partial charge in [0.25, 0.3) is 0 Å². The highest BCUT2D eigenvalue weighted by Gasteiger charge is 2.50. The van der Waals surface area contributed by atoms with Crippen molar-refractivity contribution < 1.29 is 17.9 Å². The molecule has 0 aromatic heterocycles. The Bertz CT molecular complexity index is 1400. The number of benzene rings is 3. The zero-order chi connectivity index (χ0) is 25.2. The van der Waals surface area contributed by atoms with Gasteiger partial charge in [-0.15, -0.1) is 0 Å². The van der Waals surface area contributed by atoms with E-state index in [1.165, 1.54) is 16.4 Å². The van der Waals surface area contributed by atoms with Gasteiger partial charge in [0, 0.05) is 26.2 Å². The Hall–Kier alpha value is -3.67. The molecule has 2 saturated heterocycles. The van der Waals surface area contributed by atoms with Gasteiger partial charge in [0.05, 0.1) is 21.9 Å². The van der Waals surface area contributed by atoms with Crippen molar-refractivity contribution in [2.75, 3.05) is 19.6 Å². The molecule has 184 valence electrons. The maximum Gasteiger partial charge on any atom is 0.243 e. The van der Waals surface area contributed by atoms with Gasteiger partial charge in [0.2, 0.25) is 15.9 Å². The Kier molecular flexibility index (Phi) is 6.52. The number of sulfonamides is 1. The molecule has 1 spiro atoms. The highest BCUT2D eigenvalue weighted by atomic mass is 32.2. The third-order valence-corrected chi connectivity index (χ3v) is 8.86. The molecule has 36 heavy (non-hydrogen) atoms. The van der Waals surface area contributed by atoms with Gasteiger partial charge in [-0.05, 0) is 67.3 Å². The number of nitriles is 1. The number of ether oxygens (including phenoxy) is 1. The average Bonchev–Trinajstić information content (AvgIpc) is 3.19. The first-order valence-electron chi connectivity index (χ1n) is 12.0. The standard InChI is InChI=1S/C28H27N3O4S/c29-19-23-6-4-9-26(18-23)36(33,34)31-16-5-14-28(21-31)15-17-30(27(28)32)20-22-10-12-25(13-11-22)35-24-7-2-1-3-8-24/h1-4,6-13,18H,5,14-17,20-21H2. The van der Waals surface area contributed by atoms with E-state index in [-0.39, 0.29) is 17.3 Å². The molecule has 0 N–H and O–H groups in total. The predicted molar refractivity (Wildman–Crippen MR) is 135 cm³/mol. The number of carbonyl (C=O) groups excluding carboxylic acids is 1. The summed E-state index contributed by atoms with van der Waals surface area (Å²) in [5.74, 6) is 1.50. The third kappa shape index (κ3) is 4.72. The number of hydrogen-bond donors (Lipinski definition) is 0. The molecule has 1 unspecified atom stereocenters. The molecular formula is C28H27N3O4S. The van der Waals surface area contributed by atoms with Crippen LogP contribution in [0, 0.1) is 16.7 Å². The van der Waals surface area contributed by atoms with E-state index in [1.807, 2.05) is 65.6 Å². The lowest BCUT2D eigenvalue weighted by Crippen LogP contribution is -2.49. The number of likely N-dealkylation sites (tertiary alicyclic amines) is 1. The zero-order valence-corrected chi connectivity index (χ0v) is 20.7. The van der Waals surface area contributed by atoms with E-state index in [4.69, 9.17) is 10.00 Å². The summed E-state index contributed by atoms with van der Waals surface area (Å²) in [5, 5.41) is 9.16. The topological polar surface area (TPSA) is 90.7 Å². The number of amides is 1. The van der Waals surface area contributed by atoms with Crippen LogP contribution >= 0.6 is 0 Å². The molecule has 0 bridgehead atoms. The second-order valence-corrected chi connectivity index (χ2v) is 11.3. The van der Waals surface area contributed by atoms with Crippen molar-refractivity contribution in [2.45, 2.75) is 30.7 Å². The van der Waals surface area contributed by atoms with Gasteiger partial charge in [-0.25, -0.2) is 8.42 Å². The molecule has 2 aliphatic rings. The molecule has 0 aliphatic carbocycles. The smallest absolute Gasteiger partial charge is 0.243 e. The molecule has 8 heteroatoms. The Morgan fingerprint density at radius 3 is 2.42 bits per heavy atom. The van der Waals surface area contributed by atoms with Crippen LogP contribution in [0.3, 0.4) is 0 Å². The normalized spacial score (nSPS) is 20.4. The van der Waals surface area contributed by atoms with Gasteiger partial charge in [-0.1, -0.05) is 36.4 Å². The lowest BCUT2D eigenvalue weighted by molar-refractivity contribution is -0.138. The van der Waals surface area contributed by atoms with Crippen LogP contribution in [0.15, 0.2) is 83.8 Å². The average molecular weight is 502 g/mol. The molecule has 1 amide bonds. The van der Waals surface area contributed by atoms with Crippen LogP contribution in [0.25, 0.3) is 0 Å². The molecule has 2 aliphatic heterocycles. The van der Waals surface area contributed by atoms with E-state index >= 15 is 0 Å². The summed E-state index contributed by atoms with van der Waals surface area (Å²) in [5.41, 5.74) is 0.592. The Balaban J connectivity index is 1.27. The monoisotopic (exact) mass is 501 g/mol.